The predicted molar refractivity (Wildman–Crippen MR) is 125 cm³/mol. The van der Waals surface area contributed by atoms with Gasteiger partial charge in [-0.3, -0.25) is 4.79 Å². The quantitative estimate of drug-likeness (QED) is 0.265. The largest absolute Gasteiger partial charge is 0.454 e. The van der Waals surface area contributed by atoms with Crippen LogP contribution in [0.2, 0.25) is 5.02 Å². The SMILES string of the molecule is O=C(OCC(=O)c1c[nH]c2ccccc12)c1cc(-c2ccc(Cl)cc2)nc2ccccc12. The van der Waals surface area contributed by atoms with Crippen molar-refractivity contribution in [2.75, 3.05) is 6.61 Å². The van der Waals surface area contributed by atoms with E-state index in [1.807, 2.05) is 60.7 Å². The van der Waals surface area contributed by atoms with E-state index in [0.29, 0.717) is 32.7 Å². The number of H-pyrrole nitrogens is 1. The van der Waals surface area contributed by atoms with Crippen LogP contribution in [0.25, 0.3) is 33.1 Å². The number of carbonyl (C=O) groups excluding carboxylic acids is 2. The molecule has 0 aliphatic carbocycles. The average molecular weight is 441 g/mol. The van der Waals surface area contributed by atoms with Crippen molar-refractivity contribution in [3.63, 3.8) is 0 Å². The van der Waals surface area contributed by atoms with Gasteiger partial charge in [0, 0.05) is 38.6 Å². The molecule has 5 nitrogen and oxygen atoms in total. The van der Waals surface area contributed by atoms with Crippen LogP contribution in [0, 0.1) is 0 Å². The van der Waals surface area contributed by atoms with E-state index in [9.17, 15) is 9.59 Å². The van der Waals surface area contributed by atoms with Crippen LogP contribution >= 0.6 is 11.6 Å². The number of aromatic nitrogens is 2. The van der Waals surface area contributed by atoms with Crippen molar-refractivity contribution in [2.45, 2.75) is 0 Å². The van der Waals surface area contributed by atoms with Gasteiger partial charge in [-0.25, -0.2) is 9.78 Å². The van der Waals surface area contributed by atoms with Crippen molar-refractivity contribution in [1.29, 1.82) is 0 Å². The predicted octanol–water partition coefficient (Wildman–Crippen LogP) is 6.08. The number of halogens is 1. The molecule has 5 aromatic rings. The summed E-state index contributed by atoms with van der Waals surface area (Å²) < 4.78 is 5.43. The smallest absolute Gasteiger partial charge is 0.339 e. The Bertz CT molecular complexity index is 1470. The van der Waals surface area contributed by atoms with Gasteiger partial charge in [0.2, 0.25) is 5.78 Å². The van der Waals surface area contributed by atoms with Crippen molar-refractivity contribution in [3.8, 4) is 11.3 Å². The van der Waals surface area contributed by atoms with Crippen molar-refractivity contribution in [1.82, 2.24) is 9.97 Å². The van der Waals surface area contributed by atoms with Crippen molar-refractivity contribution < 1.29 is 14.3 Å². The highest BCUT2D eigenvalue weighted by Gasteiger charge is 2.18. The zero-order chi connectivity index (χ0) is 22.1. The van der Waals surface area contributed by atoms with Gasteiger partial charge in [0.15, 0.2) is 6.61 Å². The summed E-state index contributed by atoms with van der Waals surface area (Å²) >= 11 is 6.00. The summed E-state index contributed by atoms with van der Waals surface area (Å²) in [5.74, 6) is -0.848. The molecule has 0 unspecified atom stereocenters. The maximum atomic E-state index is 13.0. The number of esters is 1. The number of carbonyl (C=O) groups is 2. The number of pyridine rings is 1. The van der Waals surface area contributed by atoms with E-state index in [2.05, 4.69) is 9.97 Å². The van der Waals surface area contributed by atoms with Crippen LogP contribution in [0.4, 0.5) is 0 Å². The Morgan fingerprint density at radius 2 is 1.59 bits per heavy atom. The van der Waals surface area contributed by atoms with E-state index in [4.69, 9.17) is 16.3 Å². The molecule has 2 heterocycles. The number of rotatable bonds is 5. The van der Waals surface area contributed by atoms with Crippen LogP contribution in [0.1, 0.15) is 20.7 Å². The minimum absolute atomic E-state index is 0.271. The summed E-state index contributed by atoms with van der Waals surface area (Å²) in [6.07, 6.45) is 1.64. The van der Waals surface area contributed by atoms with Crippen LogP contribution in [-0.2, 0) is 4.74 Å². The maximum absolute atomic E-state index is 13.0. The summed E-state index contributed by atoms with van der Waals surface area (Å²) in [4.78, 5) is 33.4. The summed E-state index contributed by atoms with van der Waals surface area (Å²) in [5.41, 5.74) is 3.81. The van der Waals surface area contributed by atoms with Gasteiger partial charge < -0.3 is 9.72 Å². The Morgan fingerprint density at radius 1 is 0.875 bits per heavy atom. The second-order valence-electron chi connectivity index (χ2n) is 7.33. The van der Waals surface area contributed by atoms with E-state index in [1.165, 1.54) is 0 Å². The number of aromatic amines is 1. The van der Waals surface area contributed by atoms with Crippen LogP contribution in [-0.4, -0.2) is 28.3 Å². The number of para-hydroxylation sites is 2. The number of hydrogen-bond donors (Lipinski definition) is 1. The Kier molecular flexibility index (Phi) is 5.17. The molecule has 156 valence electrons. The maximum Gasteiger partial charge on any atom is 0.339 e. The molecule has 2 aromatic heterocycles. The first-order valence-electron chi connectivity index (χ1n) is 10.0. The number of hydrogen-bond acceptors (Lipinski definition) is 4. The van der Waals surface area contributed by atoms with Crippen LogP contribution in [0.5, 0.6) is 0 Å². The van der Waals surface area contributed by atoms with Crippen LogP contribution in [0.3, 0.4) is 0 Å². The van der Waals surface area contributed by atoms with Gasteiger partial charge in [0.05, 0.1) is 16.8 Å². The molecule has 0 aliphatic heterocycles. The summed E-state index contributed by atoms with van der Waals surface area (Å²) in [6.45, 7) is -0.354. The first-order chi connectivity index (χ1) is 15.6. The van der Waals surface area contributed by atoms with Crippen molar-refractivity contribution in [3.05, 3.63) is 101 Å². The normalized spacial score (nSPS) is 11.0. The van der Waals surface area contributed by atoms with Crippen LogP contribution in [0.15, 0.2) is 85.1 Å². The average Bonchev–Trinajstić information content (AvgIpc) is 3.26. The number of nitrogens with one attached hydrogen (secondary N) is 1. The minimum Gasteiger partial charge on any atom is -0.454 e. The lowest BCUT2D eigenvalue weighted by molar-refractivity contribution is 0.0477. The third-order valence-electron chi connectivity index (χ3n) is 5.30. The van der Waals surface area contributed by atoms with Gasteiger partial charge in [0.25, 0.3) is 0 Å². The zero-order valence-corrected chi connectivity index (χ0v) is 17.6. The fraction of sp³-hybridized carbons (Fsp3) is 0.0385. The van der Waals surface area contributed by atoms with Gasteiger partial charge in [-0.1, -0.05) is 60.1 Å². The molecular weight excluding hydrogens is 424 g/mol. The lowest BCUT2D eigenvalue weighted by Gasteiger charge is -2.10. The molecule has 0 saturated carbocycles. The zero-order valence-electron chi connectivity index (χ0n) is 16.8. The van der Waals surface area contributed by atoms with E-state index in [-0.39, 0.29) is 12.4 Å². The molecule has 0 radical (unpaired) electrons. The minimum atomic E-state index is -0.577. The van der Waals surface area contributed by atoms with Gasteiger partial charge in [-0.15, -0.1) is 0 Å². The highest BCUT2D eigenvalue weighted by Crippen LogP contribution is 2.26. The molecule has 0 atom stereocenters. The summed E-state index contributed by atoms with van der Waals surface area (Å²) in [5, 5.41) is 2.08. The Morgan fingerprint density at radius 3 is 2.41 bits per heavy atom. The topological polar surface area (TPSA) is 72.1 Å². The monoisotopic (exact) mass is 440 g/mol. The van der Waals surface area contributed by atoms with E-state index < -0.39 is 5.97 Å². The van der Waals surface area contributed by atoms with Crippen LogP contribution < -0.4 is 0 Å². The Hall–Kier alpha value is -3.96. The molecule has 0 spiro atoms. The molecule has 3 aromatic carbocycles. The molecular formula is C26H17ClN2O3. The van der Waals surface area contributed by atoms with E-state index in [0.717, 1.165) is 16.5 Å². The van der Waals surface area contributed by atoms with Crippen molar-refractivity contribution >= 4 is 45.2 Å². The Labute approximate surface area is 188 Å². The molecule has 0 fully saturated rings. The molecule has 5 rings (SSSR count). The molecule has 0 aliphatic rings. The Balaban J connectivity index is 1.45. The number of ether oxygens (including phenoxy) is 1. The molecule has 6 heteroatoms. The number of nitrogens with zero attached hydrogens (tertiary/aromatic N) is 1. The van der Waals surface area contributed by atoms with E-state index in [1.54, 1.807) is 24.4 Å². The molecule has 0 amide bonds. The lowest BCUT2D eigenvalue weighted by Crippen LogP contribution is -2.14. The number of fused-ring (bicyclic) bond motifs is 2. The summed E-state index contributed by atoms with van der Waals surface area (Å²) in [7, 11) is 0. The van der Waals surface area contributed by atoms with E-state index >= 15 is 0 Å². The third-order valence-corrected chi connectivity index (χ3v) is 5.55. The summed E-state index contributed by atoms with van der Waals surface area (Å²) in [6, 6.07) is 23.7. The highest BCUT2D eigenvalue weighted by molar-refractivity contribution is 6.30. The first kappa shape index (κ1) is 20.0. The van der Waals surface area contributed by atoms with Gasteiger partial charge in [-0.2, -0.15) is 0 Å². The first-order valence-corrected chi connectivity index (χ1v) is 10.4. The van der Waals surface area contributed by atoms with Crippen molar-refractivity contribution in [2.24, 2.45) is 0 Å². The standard InChI is InChI=1S/C26H17ClN2O3/c27-17-11-9-16(10-12-17)24-13-20(18-5-2-4-8-23(18)29-24)26(31)32-15-25(30)21-14-28-22-7-3-1-6-19(21)22/h1-14,28H,15H2. The second kappa shape index (κ2) is 8.29. The lowest BCUT2D eigenvalue weighted by atomic mass is 10.0. The highest BCUT2D eigenvalue weighted by atomic mass is 35.5. The van der Waals surface area contributed by atoms with Gasteiger partial charge in [0.1, 0.15) is 0 Å². The third kappa shape index (κ3) is 3.74. The second-order valence-corrected chi connectivity index (χ2v) is 7.76. The molecule has 0 saturated heterocycles. The molecule has 32 heavy (non-hydrogen) atoms. The number of benzene rings is 3. The number of Topliss-reactive ketones (excluding diaryl/α,β-unsaturated/α-hetero) is 1. The number of ketones is 1. The fourth-order valence-electron chi connectivity index (χ4n) is 3.70. The fourth-order valence-corrected chi connectivity index (χ4v) is 3.83. The molecule has 1 N–H and O–H groups in total. The molecule has 0 bridgehead atoms. The van der Waals surface area contributed by atoms with Gasteiger partial charge >= 0.3 is 5.97 Å². The van der Waals surface area contributed by atoms with Gasteiger partial charge in [-0.05, 0) is 30.3 Å².